The Morgan fingerprint density at radius 3 is 2.59 bits per heavy atom. The number of rotatable bonds is 6. The SMILES string of the molecule is O=[N+]([O-])c1cnn(CCc2nnc(-c3cc4nc(-c5ccccc5)cc(C(F)(F)F)n4n3)o2)c1. The van der Waals surface area contributed by atoms with Gasteiger partial charge in [0, 0.05) is 24.6 Å². The summed E-state index contributed by atoms with van der Waals surface area (Å²) in [5, 5.41) is 26.3. The number of benzene rings is 1. The van der Waals surface area contributed by atoms with Gasteiger partial charge >= 0.3 is 11.9 Å². The normalized spacial score (nSPS) is 11.9. The topological polar surface area (TPSA) is 130 Å². The van der Waals surface area contributed by atoms with Crippen LogP contribution in [0.15, 0.2) is 59.3 Å². The zero-order valence-corrected chi connectivity index (χ0v) is 17.0. The van der Waals surface area contributed by atoms with Crippen LogP contribution in [0.5, 0.6) is 0 Å². The molecule has 1 aromatic carbocycles. The molecule has 0 saturated heterocycles. The largest absolute Gasteiger partial charge is 0.433 e. The summed E-state index contributed by atoms with van der Waals surface area (Å²) in [7, 11) is 0. The van der Waals surface area contributed by atoms with Gasteiger partial charge in [-0.05, 0) is 6.07 Å². The lowest BCUT2D eigenvalue weighted by molar-refractivity contribution is -0.385. The Morgan fingerprint density at radius 2 is 1.88 bits per heavy atom. The van der Waals surface area contributed by atoms with Gasteiger partial charge in [-0.3, -0.25) is 14.8 Å². The average molecular weight is 470 g/mol. The van der Waals surface area contributed by atoms with Gasteiger partial charge in [-0.15, -0.1) is 10.2 Å². The van der Waals surface area contributed by atoms with Crippen LogP contribution in [-0.4, -0.2) is 39.5 Å². The molecule has 0 spiro atoms. The van der Waals surface area contributed by atoms with Crippen LogP contribution in [0.1, 0.15) is 11.6 Å². The van der Waals surface area contributed by atoms with Crippen molar-refractivity contribution < 1.29 is 22.5 Å². The minimum Gasteiger partial charge on any atom is -0.419 e. The van der Waals surface area contributed by atoms with Crippen molar-refractivity contribution >= 4 is 11.3 Å². The van der Waals surface area contributed by atoms with Crippen molar-refractivity contribution in [1.82, 2.24) is 34.6 Å². The quantitative estimate of drug-likeness (QED) is 0.271. The molecule has 0 aliphatic rings. The van der Waals surface area contributed by atoms with Crippen LogP contribution >= 0.6 is 0 Å². The molecule has 34 heavy (non-hydrogen) atoms. The second-order valence-corrected chi connectivity index (χ2v) is 7.16. The highest BCUT2D eigenvalue weighted by Crippen LogP contribution is 2.33. The van der Waals surface area contributed by atoms with Crippen molar-refractivity contribution in [3.05, 3.63) is 76.6 Å². The smallest absolute Gasteiger partial charge is 0.419 e. The van der Waals surface area contributed by atoms with Gasteiger partial charge in [0.2, 0.25) is 5.89 Å². The minimum absolute atomic E-state index is 0.0247. The summed E-state index contributed by atoms with van der Waals surface area (Å²) in [6, 6.07) is 10.8. The van der Waals surface area contributed by atoms with Crippen LogP contribution in [-0.2, 0) is 19.1 Å². The molecular formula is C20H13F3N8O3. The molecule has 0 bridgehead atoms. The van der Waals surface area contributed by atoms with Crippen LogP contribution in [0.25, 0.3) is 28.5 Å². The summed E-state index contributed by atoms with van der Waals surface area (Å²) in [6.07, 6.45) is -2.11. The van der Waals surface area contributed by atoms with Crippen molar-refractivity contribution in [1.29, 1.82) is 0 Å². The molecule has 14 heteroatoms. The zero-order chi connectivity index (χ0) is 23.9. The number of aryl methyl sites for hydroxylation is 2. The van der Waals surface area contributed by atoms with Gasteiger partial charge < -0.3 is 4.42 Å². The molecular weight excluding hydrogens is 457 g/mol. The molecule has 0 aliphatic heterocycles. The van der Waals surface area contributed by atoms with Crippen molar-refractivity contribution in [3.8, 4) is 22.8 Å². The Kier molecular flexibility index (Phi) is 5.03. The van der Waals surface area contributed by atoms with E-state index in [4.69, 9.17) is 4.42 Å². The molecule has 5 aromatic rings. The van der Waals surface area contributed by atoms with Gasteiger partial charge in [0.05, 0.1) is 10.6 Å². The van der Waals surface area contributed by atoms with Crippen LogP contribution in [0.2, 0.25) is 0 Å². The summed E-state index contributed by atoms with van der Waals surface area (Å²) in [5.74, 6) is 0.0838. The Hall–Kier alpha value is -4.62. The number of aromatic nitrogens is 7. The predicted molar refractivity (Wildman–Crippen MR) is 109 cm³/mol. The number of hydrogen-bond acceptors (Lipinski definition) is 8. The second kappa shape index (κ2) is 8.06. The molecule has 0 fully saturated rings. The second-order valence-electron chi connectivity index (χ2n) is 7.16. The molecule has 11 nitrogen and oxygen atoms in total. The number of hydrogen-bond donors (Lipinski definition) is 0. The van der Waals surface area contributed by atoms with E-state index in [1.165, 1.54) is 16.9 Å². The van der Waals surface area contributed by atoms with Crippen LogP contribution in [0.3, 0.4) is 0 Å². The molecule has 0 saturated carbocycles. The number of alkyl halides is 3. The molecule has 172 valence electrons. The lowest BCUT2D eigenvalue weighted by Crippen LogP contribution is -2.13. The summed E-state index contributed by atoms with van der Waals surface area (Å²) >= 11 is 0. The Labute approximate surface area is 187 Å². The highest BCUT2D eigenvalue weighted by Gasteiger charge is 2.35. The van der Waals surface area contributed by atoms with Gasteiger partial charge in [0.15, 0.2) is 17.0 Å². The Morgan fingerprint density at radius 1 is 1.09 bits per heavy atom. The van der Waals surface area contributed by atoms with E-state index in [1.54, 1.807) is 30.3 Å². The molecule has 0 atom stereocenters. The molecule has 5 rings (SSSR count). The maximum Gasteiger partial charge on any atom is 0.433 e. The number of nitro groups is 1. The average Bonchev–Trinajstić information content (AvgIpc) is 3.55. The van der Waals surface area contributed by atoms with Crippen LogP contribution in [0, 0.1) is 10.1 Å². The van der Waals surface area contributed by atoms with Crippen molar-refractivity contribution in [2.24, 2.45) is 0 Å². The van der Waals surface area contributed by atoms with E-state index in [2.05, 4.69) is 25.4 Å². The highest BCUT2D eigenvalue weighted by atomic mass is 19.4. The van der Waals surface area contributed by atoms with Crippen molar-refractivity contribution in [3.63, 3.8) is 0 Å². The predicted octanol–water partition coefficient (Wildman–Crippen LogP) is 3.81. The van der Waals surface area contributed by atoms with Gasteiger partial charge in [0.25, 0.3) is 5.89 Å². The summed E-state index contributed by atoms with van der Waals surface area (Å²) < 4.78 is 48.8. The van der Waals surface area contributed by atoms with Gasteiger partial charge in [-0.1, -0.05) is 30.3 Å². The molecule has 4 heterocycles. The van der Waals surface area contributed by atoms with E-state index >= 15 is 0 Å². The van der Waals surface area contributed by atoms with Crippen LogP contribution in [0.4, 0.5) is 18.9 Å². The first kappa shape index (κ1) is 21.2. The van der Waals surface area contributed by atoms with Gasteiger partial charge in [-0.25, -0.2) is 9.50 Å². The number of halogens is 3. The fourth-order valence-electron chi connectivity index (χ4n) is 3.28. The number of fused-ring (bicyclic) bond motifs is 1. The lowest BCUT2D eigenvalue weighted by atomic mass is 10.1. The molecule has 4 aromatic heterocycles. The van der Waals surface area contributed by atoms with E-state index in [-0.39, 0.29) is 47.5 Å². The maximum atomic E-state index is 13.8. The Bertz CT molecular complexity index is 1490. The van der Waals surface area contributed by atoms with Gasteiger partial charge in [0.1, 0.15) is 12.4 Å². The highest BCUT2D eigenvalue weighted by molar-refractivity contribution is 5.65. The van der Waals surface area contributed by atoms with E-state index in [1.807, 2.05) is 0 Å². The monoisotopic (exact) mass is 470 g/mol. The summed E-state index contributed by atoms with van der Waals surface area (Å²) in [4.78, 5) is 14.5. The number of nitrogens with zero attached hydrogens (tertiary/aromatic N) is 8. The third-order valence-electron chi connectivity index (χ3n) is 4.86. The third-order valence-corrected chi connectivity index (χ3v) is 4.86. The van der Waals surface area contributed by atoms with E-state index in [9.17, 15) is 23.3 Å². The lowest BCUT2D eigenvalue weighted by Gasteiger charge is -2.10. The fraction of sp³-hybridized carbons (Fsp3) is 0.150. The summed E-state index contributed by atoms with van der Waals surface area (Å²) in [5.41, 5.74) is -0.492. The molecule has 0 aliphatic carbocycles. The molecule has 0 amide bonds. The zero-order valence-electron chi connectivity index (χ0n) is 17.0. The van der Waals surface area contributed by atoms with E-state index in [0.717, 1.165) is 12.3 Å². The first-order valence-electron chi connectivity index (χ1n) is 9.81. The maximum absolute atomic E-state index is 13.8. The van der Waals surface area contributed by atoms with Gasteiger partial charge in [-0.2, -0.15) is 23.4 Å². The van der Waals surface area contributed by atoms with Crippen molar-refractivity contribution in [2.75, 3.05) is 0 Å². The minimum atomic E-state index is -4.68. The molecule has 0 N–H and O–H groups in total. The summed E-state index contributed by atoms with van der Waals surface area (Å²) in [6.45, 7) is 0.223. The first-order valence-corrected chi connectivity index (χ1v) is 9.81. The third kappa shape index (κ3) is 4.07. The van der Waals surface area contributed by atoms with Crippen LogP contribution < -0.4 is 0 Å². The van der Waals surface area contributed by atoms with E-state index in [0.29, 0.717) is 10.1 Å². The van der Waals surface area contributed by atoms with Crippen molar-refractivity contribution in [2.45, 2.75) is 19.1 Å². The Balaban J connectivity index is 1.45. The molecule has 0 unspecified atom stereocenters. The first-order chi connectivity index (χ1) is 16.3. The molecule has 0 radical (unpaired) electrons. The standard InChI is InChI=1S/C20H13F3N8O3/c21-20(22,23)16-8-14(12-4-2-1-3-5-12)25-17-9-15(28-30(16)17)19-27-26-18(34-19)6-7-29-11-13(10-24-29)31(32)33/h1-5,8-11H,6-7H2. The fourth-order valence-corrected chi connectivity index (χ4v) is 3.28. The van der Waals surface area contributed by atoms with E-state index < -0.39 is 16.8 Å².